The minimum absolute atomic E-state index is 0.856. The topological polar surface area (TPSA) is 43.9 Å². The van der Waals surface area contributed by atoms with Gasteiger partial charge in [-0.2, -0.15) is 0 Å². The first kappa shape index (κ1) is 84.7. The molecule has 0 saturated carbocycles. The van der Waals surface area contributed by atoms with E-state index in [9.17, 15) is 0 Å². The molecule has 670 valence electrons. The molecule has 0 spiro atoms. The molecule has 8 nitrogen and oxygen atoms in total. The summed E-state index contributed by atoms with van der Waals surface area (Å²) in [7, 11) is 0. The second kappa shape index (κ2) is 37.2. The number of rotatable bonds is 13. The molecule has 0 atom stereocenters. The molecule has 0 unspecified atom stereocenters. The molecular weight excluding hydrogens is 1730 g/mol. The SMILES string of the molecule is C1=Cc2cc(N(c3ccccc3)c3ccc4c(c3)-c3ccccc3Oc3ccccc3-4)ccc2N(c2ccccc2)c2ccccc21.c1ccc(-c2ccc(-c3ccc(N(c4ccccc4)c4ccc5c(c4)-c4ccccc4Oc4ccccc4-5)cc3)cc2)cc1.c1ccc(N(c2ccc3c(c2)-c2ccccc2Oc2ccccc2-3)c2ccc3c(c2)-c2ccccc2-c2ccccc2N3c2ccccc2)cc1. The fraction of sp³-hybridized carbons (Fsp3) is 0. The Morgan fingerprint density at radius 1 is 0.134 bits per heavy atom. The molecule has 0 bridgehead atoms. The summed E-state index contributed by atoms with van der Waals surface area (Å²) in [6, 6.07) is 191. The molecule has 0 saturated heterocycles. The molecule has 0 aliphatic carbocycles. The van der Waals surface area contributed by atoms with Crippen molar-refractivity contribution in [1.82, 2.24) is 0 Å². The van der Waals surface area contributed by atoms with Crippen molar-refractivity contribution in [3.05, 3.63) is 551 Å². The second-order valence-electron chi connectivity index (χ2n) is 35.7. The van der Waals surface area contributed by atoms with Gasteiger partial charge in [-0.1, -0.05) is 358 Å². The van der Waals surface area contributed by atoms with Crippen molar-refractivity contribution in [3.63, 3.8) is 0 Å². The molecule has 0 amide bonds. The molecule has 0 radical (unpaired) electrons. The predicted octanol–water partition coefficient (Wildman–Crippen LogP) is 38.2. The van der Waals surface area contributed by atoms with Gasteiger partial charge in [0.25, 0.3) is 0 Å². The van der Waals surface area contributed by atoms with Crippen molar-refractivity contribution in [3.8, 4) is 146 Å². The zero-order valence-electron chi connectivity index (χ0n) is 77.5. The third kappa shape index (κ3) is 16.0. The lowest BCUT2D eigenvalue weighted by molar-refractivity contribution is 0.487. The van der Waals surface area contributed by atoms with Crippen LogP contribution in [0.15, 0.2) is 540 Å². The molecule has 8 heteroatoms. The average Bonchev–Trinajstić information content (AvgIpc) is 1.59. The van der Waals surface area contributed by atoms with Crippen LogP contribution in [0.2, 0.25) is 0 Å². The van der Waals surface area contributed by atoms with Crippen LogP contribution in [0.3, 0.4) is 0 Å². The van der Waals surface area contributed by atoms with Gasteiger partial charge in [0.15, 0.2) is 0 Å². The number of benzene rings is 22. The smallest absolute Gasteiger partial charge is 0.135 e. The van der Waals surface area contributed by atoms with E-state index in [0.717, 1.165) is 192 Å². The van der Waals surface area contributed by atoms with Crippen molar-refractivity contribution in [2.45, 2.75) is 0 Å². The molecule has 142 heavy (non-hydrogen) atoms. The fourth-order valence-electron chi connectivity index (χ4n) is 20.7. The summed E-state index contributed by atoms with van der Waals surface area (Å²) in [6.07, 6.45) is 4.47. The van der Waals surface area contributed by atoms with Gasteiger partial charge in [-0.25, -0.2) is 0 Å². The van der Waals surface area contributed by atoms with Crippen molar-refractivity contribution < 1.29 is 14.2 Å². The first-order valence-electron chi connectivity index (χ1n) is 48.2. The normalized spacial score (nSPS) is 11.9. The van der Waals surface area contributed by atoms with Crippen LogP contribution in [0.5, 0.6) is 34.5 Å². The molecule has 22 aromatic carbocycles. The largest absolute Gasteiger partial charge is 0.456 e. The molecule has 22 aromatic rings. The maximum Gasteiger partial charge on any atom is 0.135 e. The molecule has 5 aliphatic rings. The molecule has 5 aliphatic heterocycles. The average molecular weight is 1820 g/mol. The molecule has 5 heterocycles. The molecule has 0 fully saturated rings. The van der Waals surface area contributed by atoms with Gasteiger partial charge in [0.1, 0.15) is 34.5 Å². The molecule has 0 N–H and O–H groups in total. The predicted molar refractivity (Wildman–Crippen MR) is 590 cm³/mol. The van der Waals surface area contributed by atoms with E-state index in [1.54, 1.807) is 0 Å². The minimum atomic E-state index is 0.856. The standard InChI is InChI=1S/C48H32N2O.C44H30N2O.C42H29NO/c1-3-15-33(16-4-1)49(35-27-29-39-41-22-10-13-25-47(41)51-48-26-14-11-23-42(48)43(39)31-35)36-28-30-46-44(32-36)38-20-8-7-19-37(38)40-21-9-12-24-45(40)50(46)34-17-5-2-6-18-34;1-3-14-33(15-4-1)45(36-25-27-37-38-18-8-11-21-43(38)47-44-22-12-9-19-39(44)40(37)30-36)35-26-28-42-32(29-35)24-23-31-13-7-10-20-41(31)46(42)34-16-5-2-6-17-34;1-3-11-30(12-4-1)31-19-21-32(22-20-31)33-23-25-35(26-24-33)43(34-13-5-2-6-14-34)36-27-28-37-38-15-7-9-17-41(38)44-42-18-10-8-16-39(42)40(37)29-36/h1-32H;1-30H;1-29H. The summed E-state index contributed by atoms with van der Waals surface area (Å²) in [5.41, 5.74) is 42.0. The van der Waals surface area contributed by atoms with Crippen molar-refractivity contribution in [2.75, 3.05) is 24.5 Å². The van der Waals surface area contributed by atoms with Crippen LogP contribution in [0.1, 0.15) is 11.1 Å². The third-order valence-corrected chi connectivity index (χ3v) is 27.3. The van der Waals surface area contributed by atoms with Crippen LogP contribution in [-0.2, 0) is 0 Å². The van der Waals surface area contributed by atoms with Crippen LogP contribution < -0.4 is 38.7 Å². The van der Waals surface area contributed by atoms with Crippen LogP contribution in [0, 0.1) is 0 Å². The number of hydrogen-bond donors (Lipinski definition) is 0. The highest BCUT2D eigenvalue weighted by Crippen LogP contribution is 2.58. The maximum absolute atomic E-state index is 6.52. The van der Waals surface area contributed by atoms with E-state index >= 15 is 0 Å². The highest BCUT2D eigenvalue weighted by molar-refractivity contribution is 6.06. The van der Waals surface area contributed by atoms with Crippen molar-refractivity contribution in [1.29, 1.82) is 0 Å². The van der Waals surface area contributed by atoms with E-state index < -0.39 is 0 Å². The zero-order valence-corrected chi connectivity index (χ0v) is 77.5. The maximum atomic E-state index is 6.52. The van der Waals surface area contributed by atoms with Crippen LogP contribution >= 0.6 is 0 Å². The highest BCUT2D eigenvalue weighted by atomic mass is 16.5. The van der Waals surface area contributed by atoms with E-state index in [0.29, 0.717) is 0 Å². The lowest BCUT2D eigenvalue weighted by Gasteiger charge is -2.30. The number of anilines is 15. The summed E-state index contributed by atoms with van der Waals surface area (Å²) in [6.45, 7) is 0. The lowest BCUT2D eigenvalue weighted by atomic mass is 9.93. The monoisotopic (exact) mass is 1820 g/mol. The Hall–Kier alpha value is -19.0. The van der Waals surface area contributed by atoms with Gasteiger partial charge >= 0.3 is 0 Å². The molecule has 0 aromatic heterocycles. The molecular formula is C134H91N5O3. The second-order valence-corrected chi connectivity index (χ2v) is 35.7. The van der Waals surface area contributed by atoms with Gasteiger partial charge in [-0.3, -0.25) is 0 Å². The first-order chi connectivity index (χ1) is 70.4. The minimum Gasteiger partial charge on any atom is -0.456 e. The Morgan fingerprint density at radius 3 is 0.775 bits per heavy atom. The van der Waals surface area contributed by atoms with E-state index in [-0.39, 0.29) is 0 Å². The van der Waals surface area contributed by atoms with Gasteiger partial charge in [-0.05, 0) is 266 Å². The summed E-state index contributed by atoms with van der Waals surface area (Å²) >= 11 is 0. The number of ether oxygens (including phenoxy) is 3. The number of hydrogen-bond acceptors (Lipinski definition) is 8. The van der Waals surface area contributed by atoms with Gasteiger partial charge in [0.2, 0.25) is 0 Å². The Labute approximate surface area is 827 Å². The summed E-state index contributed by atoms with van der Waals surface area (Å²) in [5.74, 6) is 5.19. The van der Waals surface area contributed by atoms with E-state index in [2.05, 4.69) is 522 Å². The Kier molecular flexibility index (Phi) is 22.2. The number of nitrogens with zero attached hydrogens (tertiary/aromatic N) is 5. The van der Waals surface area contributed by atoms with Gasteiger partial charge in [-0.15, -0.1) is 0 Å². The Morgan fingerprint density at radius 2 is 0.366 bits per heavy atom. The molecule has 27 rings (SSSR count). The van der Waals surface area contributed by atoms with Crippen molar-refractivity contribution >= 4 is 97.5 Å². The zero-order chi connectivity index (χ0) is 94.2. The number of para-hydroxylation sites is 13. The Balaban J connectivity index is 0.000000112. The number of fused-ring (bicyclic) bond motifs is 22. The summed E-state index contributed by atoms with van der Waals surface area (Å²) < 4.78 is 19.4. The van der Waals surface area contributed by atoms with E-state index in [1.807, 2.05) is 54.6 Å². The third-order valence-electron chi connectivity index (χ3n) is 27.3. The Bertz CT molecular complexity index is 8510. The van der Waals surface area contributed by atoms with Gasteiger partial charge in [0.05, 0.1) is 22.7 Å². The van der Waals surface area contributed by atoms with Gasteiger partial charge < -0.3 is 38.7 Å². The lowest BCUT2D eigenvalue weighted by Crippen LogP contribution is -2.13. The first-order valence-corrected chi connectivity index (χ1v) is 48.2. The summed E-state index contributed by atoms with van der Waals surface area (Å²) in [5, 5.41) is 0. The fourth-order valence-corrected chi connectivity index (χ4v) is 20.7. The highest BCUT2D eigenvalue weighted by Gasteiger charge is 2.32. The van der Waals surface area contributed by atoms with E-state index in [4.69, 9.17) is 14.2 Å². The van der Waals surface area contributed by atoms with Crippen LogP contribution in [-0.4, -0.2) is 0 Å². The van der Waals surface area contributed by atoms with Crippen molar-refractivity contribution in [2.24, 2.45) is 0 Å². The van der Waals surface area contributed by atoms with Crippen LogP contribution in [0.25, 0.3) is 123 Å². The summed E-state index contributed by atoms with van der Waals surface area (Å²) in [4.78, 5) is 11.8. The quantitative estimate of drug-likeness (QED) is 0.113. The van der Waals surface area contributed by atoms with E-state index in [1.165, 1.54) is 50.1 Å². The van der Waals surface area contributed by atoms with Crippen LogP contribution in [0.4, 0.5) is 85.3 Å². The van der Waals surface area contributed by atoms with Gasteiger partial charge in [0, 0.05) is 113 Å².